The predicted octanol–water partition coefficient (Wildman–Crippen LogP) is 3.44. The van der Waals surface area contributed by atoms with E-state index in [4.69, 9.17) is 4.74 Å². The van der Waals surface area contributed by atoms with E-state index in [-0.39, 0.29) is 5.41 Å². The monoisotopic (exact) mass is 254 g/mol. The Morgan fingerprint density at radius 3 is 2.53 bits per heavy atom. The van der Waals surface area contributed by atoms with Crippen LogP contribution in [0.5, 0.6) is 5.75 Å². The molecule has 1 heterocycles. The van der Waals surface area contributed by atoms with Crippen molar-refractivity contribution in [3.05, 3.63) is 65.2 Å². The van der Waals surface area contributed by atoms with Crippen molar-refractivity contribution in [1.29, 1.82) is 0 Å². The summed E-state index contributed by atoms with van der Waals surface area (Å²) in [7, 11) is 0. The van der Waals surface area contributed by atoms with Crippen molar-refractivity contribution in [2.24, 2.45) is 0 Å². The van der Waals surface area contributed by atoms with Crippen molar-refractivity contribution in [3.8, 4) is 5.75 Å². The van der Waals surface area contributed by atoms with Crippen LogP contribution in [0.2, 0.25) is 0 Å². The molecule has 0 saturated heterocycles. The highest BCUT2D eigenvalue weighted by atomic mass is 16.5. The number of rotatable bonds is 2. The zero-order valence-electron chi connectivity index (χ0n) is 11.3. The van der Waals surface area contributed by atoms with Crippen molar-refractivity contribution >= 4 is 0 Å². The molecule has 0 aliphatic carbocycles. The van der Waals surface area contributed by atoms with Crippen molar-refractivity contribution in [2.75, 3.05) is 6.61 Å². The molecule has 1 unspecified atom stereocenters. The molecule has 2 aromatic carbocycles. The quantitative estimate of drug-likeness (QED) is 0.889. The Kier molecular flexibility index (Phi) is 2.83. The molecule has 1 aliphatic heterocycles. The van der Waals surface area contributed by atoms with Crippen LogP contribution in [0.25, 0.3) is 0 Å². The summed E-state index contributed by atoms with van der Waals surface area (Å²) in [6.45, 7) is 5.03. The van der Waals surface area contributed by atoms with Gasteiger partial charge in [0.25, 0.3) is 0 Å². The lowest BCUT2D eigenvalue weighted by Gasteiger charge is -2.17. The normalized spacial score (nSPS) is 17.6. The van der Waals surface area contributed by atoms with E-state index in [0.29, 0.717) is 6.61 Å². The van der Waals surface area contributed by atoms with Crippen LogP contribution in [0.4, 0.5) is 0 Å². The lowest BCUT2D eigenvalue weighted by molar-refractivity contribution is 0.220. The van der Waals surface area contributed by atoms with Crippen LogP contribution in [0.1, 0.15) is 36.6 Å². The molecular formula is C17H18O2. The molecule has 2 aromatic rings. The average molecular weight is 254 g/mol. The Morgan fingerprint density at radius 1 is 1.05 bits per heavy atom. The molecule has 0 saturated carbocycles. The first-order chi connectivity index (χ1) is 9.08. The summed E-state index contributed by atoms with van der Waals surface area (Å²) in [5.74, 6) is 0.939. The molecule has 0 aromatic heterocycles. The first-order valence-corrected chi connectivity index (χ1v) is 6.58. The summed E-state index contributed by atoms with van der Waals surface area (Å²) >= 11 is 0. The van der Waals surface area contributed by atoms with Gasteiger partial charge in [-0.05, 0) is 23.3 Å². The third-order valence-corrected chi connectivity index (χ3v) is 3.75. The average Bonchev–Trinajstić information content (AvgIpc) is 2.74. The molecule has 2 nitrogen and oxygen atoms in total. The Balaban J connectivity index is 1.99. The van der Waals surface area contributed by atoms with Crippen molar-refractivity contribution in [1.82, 2.24) is 0 Å². The van der Waals surface area contributed by atoms with Crippen LogP contribution in [-0.2, 0) is 5.41 Å². The van der Waals surface area contributed by atoms with Gasteiger partial charge in [0.2, 0.25) is 0 Å². The minimum atomic E-state index is -0.581. The van der Waals surface area contributed by atoms with Crippen molar-refractivity contribution < 1.29 is 9.84 Å². The topological polar surface area (TPSA) is 29.5 Å². The minimum Gasteiger partial charge on any atom is -0.492 e. The maximum Gasteiger partial charge on any atom is 0.123 e. The Bertz CT molecular complexity index is 587. The Morgan fingerprint density at radius 2 is 1.79 bits per heavy atom. The summed E-state index contributed by atoms with van der Waals surface area (Å²) in [6.07, 6.45) is -0.581. The number of benzene rings is 2. The fourth-order valence-corrected chi connectivity index (χ4v) is 2.54. The molecule has 1 atom stereocenters. The number of ether oxygens (including phenoxy) is 1. The van der Waals surface area contributed by atoms with Gasteiger partial charge in [-0.15, -0.1) is 0 Å². The van der Waals surface area contributed by atoms with Crippen LogP contribution in [0, 0.1) is 0 Å². The van der Waals surface area contributed by atoms with Gasteiger partial charge in [0, 0.05) is 11.0 Å². The summed E-state index contributed by atoms with van der Waals surface area (Å²) in [4.78, 5) is 0. The molecule has 0 amide bonds. The lowest BCUT2D eigenvalue weighted by atomic mass is 9.85. The van der Waals surface area contributed by atoms with Gasteiger partial charge in [0.15, 0.2) is 0 Å². The number of hydrogen-bond donors (Lipinski definition) is 1. The molecule has 0 spiro atoms. The van der Waals surface area contributed by atoms with E-state index in [0.717, 1.165) is 16.9 Å². The SMILES string of the molecule is CC1(C)COc2ccc(C(O)c3ccccc3)cc21. The zero-order valence-corrected chi connectivity index (χ0v) is 11.3. The van der Waals surface area contributed by atoms with Gasteiger partial charge in [-0.25, -0.2) is 0 Å². The van der Waals surface area contributed by atoms with Crippen LogP contribution in [-0.4, -0.2) is 11.7 Å². The van der Waals surface area contributed by atoms with E-state index in [1.165, 1.54) is 5.56 Å². The van der Waals surface area contributed by atoms with Crippen molar-refractivity contribution in [3.63, 3.8) is 0 Å². The van der Waals surface area contributed by atoms with E-state index < -0.39 is 6.10 Å². The molecule has 0 fully saturated rings. The van der Waals surface area contributed by atoms with Gasteiger partial charge >= 0.3 is 0 Å². The highest BCUT2D eigenvalue weighted by molar-refractivity contribution is 5.47. The molecule has 0 radical (unpaired) electrons. The van der Waals surface area contributed by atoms with E-state index in [9.17, 15) is 5.11 Å². The maximum absolute atomic E-state index is 10.5. The summed E-state index contributed by atoms with van der Waals surface area (Å²) in [6, 6.07) is 15.7. The van der Waals surface area contributed by atoms with E-state index >= 15 is 0 Å². The number of hydrogen-bond acceptors (Lipinski definition) is 2. The van der Waals surface area contributed by atoms with Crippen LogP contribution >= 0.6 is 0 Å². The van der Waals surface area contributed by atoms with Crippen LogP contribution in [0.15, 0.2) is 48.5 Å². The number of aliphatic hydroxyl groups excluding tert-OH is 1. The fraction of sp³-hybridized carbons (Fsp3) is 0.294. The first kappa shape index (κ1) is 12.2. The minimum absolute atomic E-state index is 0.0156. The molecular weight excluding hydrogens is 236 g/mol. The number of aliphatic hydroxyl groups is 1. The van der Waals surface area contributed by atoms with Crippen molar-refractivity contribution in [2.45, 2.75) is 25.4 Å². The van der Waals surface area contributed by atoms with E-state index in [1.54, 1.807) is 0 Å². The molecule has 1 N–H and O–H groups in total. The number of fused-ring (bicyclic) bond motifs is 1. The molecule has 3 rings (SSSR count). The van der Waals surface area contributed by atoms with Crippen LogP contribution < -0.4 is 4.74 Å². The largest absolute Gasteiger partial charge is 0.492 e. The van der Waals surface area contributed by atoms with E-state index in [2.05, 4.69) is 19.9 Å². The third kappa shape index (κ3) is 2.13. The summed E-state index contributed by atoms with van der Waals surface area (Å²) in [5, 5.41) is 10.5. The van der Waals surface area contributed by atoms with Gasteiger partial charge in [0.05, 0.1) is 6.61 Å². The fourth-order valence-electron chi connectivity index (χ4n) is 2.54. The first-order valence-electron chi connectivity index (χ1n) is 6.58. The summed E-state index contributed by atoms with van der Waals surface area (Å²) in [5.41, 5.74) is 3.03. The molecule has 19 heavy (non-hydrogen) atoms. The molecule has 98 valence electrons. The standard InChI is InChI=1S/C17H18O2/c1-17(2)11-19-15-9-8-13(10-14(15)17)16(18)12-6-4-3-5-7-12/h3-10,16,18H,11H2,1-2H3. The van der Waals surface area contributed by atoms with Gasteiger partial charge < -0.3 is 9.84 Å². The molecule has 0 bridgehead atoms. The Labute approximate surface area is 113 Å². The second-order valence-electron chi connectivity index (χ2n) is 5.74. The zero-order chi connectivity index (χ0) is 13.5. The maximum atomic E-state index is 10.5. The summed E-state index contributed by atoms with van der Waals surface area (Å²) < 4.78 is 5.67. The smallest absolute Gasteiger partial charge is 0.123 e. The van der Waals surface area contributed by atoms with Gasteiger partial charge in [-0.3, -0.25) is 0 Å². The highest BCUT2D eigenvalue weighted by Crippen LogP contribution is 2.40. The van der Waals surface area contributed by atoms with Gasteiger partial charge in [-0.2, -0.15) is 0 Å². The predicted molar refractivity (Wildman–Crippen MR) is 75.5 cm³/mol. The Hall–Kier alpha value is -1.80. The van der Waals surface area contributed by atoms with E-state index in [1.807, 2.05) is 42.5 Å². The second-order valence-corrected chi connectivity index (χ2v) is 5.74. The van der Waals surface area contributed by atoms with Gasteiger partial charge in [0.1, 0.15) is 11.9 Å². The highest BCUT2D eigenvalue weighted by Gasteiger charge is 2.32. The lowest BCUT2D eigenvalue weighted by Crippen LogP contribution is -2.18. The van der Waals surface area contributed by atoms with Gasteiger partial charge in [-0.1, -0.05) is 50.2 Å². The van der Waals surface area contributed by atoms with Crippen LogP contribution in [0.3, 0.4) is 0 Å². The molecule has 2 heteroatoms. The molecule has 1 aliphatic rings. The second kappa shape index (κ2) is 4.39. The third-order valence-electron chi connectivity index (χ3n) is 3.75.